The first-order valence-electron chi connectivity index (χ1n) is 8.80. The number of hydrogen-bond donors (Lipinski definition) is 1. The second-order valence-corrected chi connectivity index (χ2v) is 6.88. The van der Waals surface area contributed by atoms with Crippen LogP contribution in [-0.2, 0) is 20.9 Å². The first-order valence-corrected chi connectivity index (χ1v) is 8.80. The van der Waals surface area contributed by atoms with E-state index in [-0.39, 0.29) is 31.2 Å². The van der Waals surface area contributed by atoms with Gasteiger partial charge < -0.3 is 24.9 Å². The Morgan fingerprint density at radius 2 is 2.04 bits per heavy atom. The second-order valence-electron chi connectivity index (χ2n) is 6.88. The van der Waals surface area contributed by atoms with Crippen LogP contribution >= 0.6 is 0 Å². The molecule has 10 nitrogen and oxygen atoms in total. The van der Waals surface area contributed by atoms with Gasteiger partial charge in [0.2, 0.25) is 5.91 Å². The molecule has 0 aliphatic rings. The van der Waals surface area contributed by atoms with Gasteiger partial charge in [0.05, 0.1) is 26.2 Å². The zero-order valence-electron chi connectivity index (χ0n) is 16.4. The molecular weight excluding hydrogens is 356 g/mol. The minimum atomic E-state index is -0.873. The molecule has 1 rings (SSSR count). The molecule has 2 atom stereocenters. The molecule has 2 unspecified atom stereocenters. The highest BCUT2D eigenvalue weighted by molar-refractivity contribution is 5.84. The number of aliphatic hydroxyl groups excluding tert-OH is 1. The highest BCUT2D eigenvalue weighted by atomic mass is 16.6. The van der Waals surface area contributed by atoms with Crippen molar-refractivity contribution in [2.45, 2.75) is 59.2 Å². The first-order chi connectivity index (χ1) is 12.6. The van der Waals surface area contributed by atoms with Gasteiger partial charge in [-0.25, -0.2) is 14.3 Å². The molecule has 0 fully saturated rings. The predicted octanol–water partition coefficient (Wildman–Crippen LogP) is 1.29. The van der Waals surface area contributed by atoms with Crippen LogP contribution in [0.3, 0.4) is 0 Å². The molecule has 152 valence electrons. The van der Waals surface area contributed by atoms with Gasteiger partial charge in [-0.1, -0.05) is 13.8 Å². The number of carbonyl (C=O) groups excluding carboxylic acids is 2. The van der Waals surface area contributed by atoms with Gasteiger partial charge in [-0.2, -0.15) is 0 Å². The SMILES string of the molecule is COC(=O)C(CC(C)C)N(CCn1c([N+](=O)[O-])cnc1C)C(=O)CC(C)O. The molecule has 0 aliphatic heterocycles. The number of hydrogen-bond acceptors (Lipinski definition) is 7. The van der Waals surface area contributed by atoms with Gasteiger partial charge in [0.1, 0.15) is 18.8 Å². The van der Waals surface area contributed by atoms with Gasteiger partial charge in [-0.05, 0) is 24.2 Å². The highest BCUT2D eigenvalue weighted by Crippen LogP contribution is 2.18. The number of rotatable bonds is 10. The fourth-order valence-electron chi connectivity index (χ4n) is 2.84. The number of aryl methyl sites for hydroxylation is 1. The van der Waals surface area contributed by atoms with E-state index in [4.69, 9.17) is 4.74 Å². The topological polar surface area (TPSA) is 128 Å². The number of aliphatic hydroxyl groups is 1. The Balaban J connectivity index is 3.14. The molecule has 0 saturated carbocycles. The van der Waals surface area contributed by atoms with Crippen molar-refractivity contribution in [2.24, 2.45) is 5.92 Å². The molecule has 1 aromatic rings. The number of amides is 1. The molecule has 1 aromatic heterocycles. The van der Waals surface area contributed by atoms with E-state index in [0.29, 0.717) is 12.2 Å². The number of ether oxygens (including phenoxy) is 1. The average molecular weight is 384 g/mol. The first kappa shape index (κ1) is 22.6. The monoisotopic (exact) mass is 384 g/mol. The Morgan fingerprint density at radius 3 is 2.52 bits per heavy atom. The van der Waals surface area contributed by atoms with Crippen LogP contribution in [0, 0.1) is 23.0 Å². The normalized spacial score (nSPS) is 13.3. The smallest absolute Gasteiger partial charge is 0.342 e. The molecule has 1 heterocycles. The minimum absolute atomic E-state index is 0.0517. The van der Waals surface area contributed by atoms with E-state index >= 15 is 0 Å². The van der Waals surface area contributed by atoms with E-state index in [1.54, 1.807) is 6.92 Å². The number of nitrogens with zero attached hydrogens (tertiary/aromatic N) is 4. The van der Waals surface area contributed by atoms with Crippen molar-refractivity contribution < 1.29 is 24.4 Å². The zero-order valence-corrected chi connectivity index (χ0v) is 16.4. The summed E-state index contributed by atoms with van der Waals surface area (Å²) in [5, 5.41) is 20.7. The van der Waals surface area contributed by atoms with E-state index in [0.717, 1.165) is 6.20 Å². The van der Waals surface area contributed by atoms with Crippen molar-refractivity contribution in [3.05, 3.63) is 22.1 Å². The molecule has 0 radical (unpaired) electrons. The van der Waals surface area contributed by atoms with E-state index in [1.165, 1.54) is 23.5 Å². The number of nitro groups is 1. The maximum atomic E-state index is 12.7. The quantitative estimate of drug-likeness (QED) is 0.366. The second kappa shape index (κ2) is 10.0. The molecule has 0 aliphatic carbocycles. The fraction of sp³-hybridized carbons (Fsp3) is 0.706. The molecule has 1 N–H and O–H groups in total. The largest absolute Gasteiger partial charge is 0.467 e. The summed E-state index contributed by atoms with van der Waals surface area (Å²) < 4.78 is 6.23. The Labute approximate surface area is 158 Å². The number of carbonyl (C=O) groups is 2. The standard InChI is InChI=1S/C17H28N4O6/c1-11(2)8-14(17(24)27-5)20(16(23)9-12(3)22)7-6-19-13(4)18-10-15(19)21(25)26/h10-12,14,22H,6-9H2,1-5H3. The van der Waals surface area contributed by atoms with E-state index < -0.39 is 28.9 Å². The van der Waals surface area contributed by atoms with Crippen molar-refractivity contribution in [1.29, 1.82) is 0 Å². The van der Waals surface area contributed by atoms with Crippen molar-refractivity contribution in [3.8, 4) is 0 Å². The molecule has 1 amide bonds. The van der Waals surface area contributed by atoms with Gasteiger partial charge in [0.15, 0.2) is 5.82 Å². The van der Waals surface area contributed by atoms with Crippen LogP contribution in [0.2, 0.25) is 0 Å². The molecule has 10 heteroatoms. The molecular formula is C17H28N4O6. The molecule has 0 saturated heterocycles. The summed E-state index contributed by atoms with van der Waals surface area (Å²) in [6.45, 7) is 7.09. The lowest BCUT2D eigenvalue weighted by atomic mass is 10.0. The summed E-state index contributed by atoms with van der Waals surface area (Å²) >= 11 is 0. The predicted molar refractivity (Wildman–Crippen MR) is 96.9 cm³/mol. The van der Waals surface area contributed by atoms with Crippen LogP contribution in [0.25, 0.3) is 0 Å². The average Bonchev–Trinajstić information content (AvgIpc) is 2.93. The van der Waals surface area contributed by atoms with Gasteiger partial charge in [0.25, 0.3) is 0 Å². The van der Waals surface area contributed by atoms with E-state index in [9.17, 15) is 24.8 Å². The fourth-order valence-corrected chi connectivity index (χ4v) is 2.84. The Hall–Kier alpha value is -2.49. The van der Waals surface area contributed by atoms with Crippen molar-refractivity contribution in [3.63, 3.8) is 0 Å². The van der Waals surface area contributed by atoms with Crippen molar-refractivity contribution in [2.75, 3.05) is 13.7 Å². The highest BCUT2D eigenvalue weighted by Gasteiger charge is 2.32. The van der Waals surface area contributed by atoms with Gasteiger partial charge in [-0.3, -0.25) is 4.79 Å². The van der Waals surface area contributed by atoms with Gasteiger partial charge in [0, 0.05) is 6.92 Å². The molecule has 27 heavy (non-hydrogen) atoms. The van der Waals surface area contributed by atoms with Crippen LogP contribution in [0.15, 0.2) is 6.20 Å². The van der Waals surface area contributed by atoms with Crippen LogP contribution < -0.4 is 0 Å². The molecule has 0 bridgehead atoms. The van der Waals surface area contributed by atoms with Crippen molar-refractivity contribution in [1.82, 2.24) is 14.5 Å². The number of aromatic nitrogens is 2. The Bertz CT molecular complexity index is 670. The third-order valence-corrected chi connectivity index (χ3v) is 4.12. The maximum Gasteiger partial charge on any atom is 0.342 e. The van der Waals surface area contributed by atoms with Crippen LogP contribution in [0.5, 0.6) is 0 Å². The lowest BCUT2D eigenvalue weighted by molar-refractivity contribution is -0.392. The summed E-state index contributed by atoms with van der Waals surface area (Å²) in [5.74, 6) is -0.613. The third kappa shape index (κ3) is 6.31. The van der Waals surface area contributed by atoms with Crippen LogP contribution in [0.1, 0.15) is 39.4 Å². The minimum Gasteiger partial charge on any atom is -0.467 e. The van der Waals surface area contributed by atoms with Gasteiger partial charge >= 0.3 is 11.8 Å². The number of methoxy groups -OCH3 is 1. The summed E-state index contributed by atoms with van der Waals surface area (Å²) in [6.07, 6.45) is 0.505. The van der Waals surface area contributed by atoms with Crippen LogP contribution in [0.4, 0.5) is 5.82 Å². The summed E-state index contributed by atoms with van der Waals surface area (Å²) in [7, 11) is 1.25. The maximum absolute atomic E-state index is 12.7. The lowest BCUT2D eigenvalue weighted by Gasteiger charge is -2.31. The summed E-state index contributed by atoms with van der Waals surface area (Å²) in [4.78, 5) is 40.8. The van der Waals surface area contributed by atoms with Gasteiger partial charge in [-0.15, -0.1) is 0 Å². The van der Waals surface area contributed by atoms with Crippen molar-refractivity contribution >= 4 is 17.7 Å². The van der Waals surface area contributed by atoms with E-state index in [1.807, 2.05) is 13.8 Å². The third-order valence-electron chi connectivity index (χ3n) is 4.12. The molecule has 0 aromatic carbocycles. The molecule has 0 spiro atoms. The Kier molecular flexibility index (Phi) is 8.35. The van der Waals surface area contributed by atoms with Crippen LogP contribution in [-0.4, -0.2) is 62.2 Å². The van der Waals surface area contributed by atoms with E-state index in [2.05, 4.69) is 4.98 Å². The number of esters is 1. The summed E-state index contributed by atoms with van der Waals surface area (Å²) in [5.41, 5.74) is 0. The summed E-state index contributed by atoms with van der Waals surface area (Å²) in [6, 6.07) is -0.830. The lowest BCUT2D eigenvalue weighted by Crippen LogP contribution is -2.48. The Morgan fingerprint density at radius 1 is 1.41 bits per heavy atom. The number of imidazole rings is 1. The zero-order chi connectivity index (χ0) is 20.7.